The number of carbonyl (C=O) groups is 1. The average Bonchev–Trinajstić information content (AvgIpc) is 2.78. The maximum absolute atomic E-state index is 11.8. The highest BCUT2D eigenvalue weighted by atomic mass is 35.5. The first-order chi connectivity index (χ1) is 8.63. The standard InChI is InChI=1S/C13H11Cl2NO2/c1-2-18-13(17)11-7-16-6-10(11)9-4-3-8(14)5-12(9)15/h3-7,16H,2H2,1H3. The van der Waals surface area contributed by atoms with Crippen LogP contribution in [0.1, 0.15) is 17.3 Å². The Balaban J connectivity index is 2.45. The maximum Gasteiger partial charge on any atom is 0.340 e. The number of hydrogen-bond acceptors (Lipinski definition) is 2. The summed E-state index contributed by atoms with van der Waals surface area (Å²) in [6.45, 7) is 2.09. The molecule has 18 heavy (non-hydrogen) atoms. The molecular weight excluding hydrogens is 273 g/mol. The lowest BCUT2D eigenvalue weighted by atomic mass is 10.0. The first-order valence-electron chi connectivity index (χ1n) is 5.42. The zero-order chi connectivity index (χ0) is 13.1. The Morgan fingerprint density at radius 3 is 2.72 bits per heavy atom. The molecular formula is C13H11Cl2NO2. The number of benzene rings is 1. The van der Waals surface area contributed by atoms with E-state index in [2.05, 4.69) is 4.98 Å². The monoisotopic (exact) mass is 283 g/mol. The molecule has 0 atom stereocenters. The normalized spacial score (nSPS) is 10.4. The molecule has 1 aromatic carbocycles. The third-order valence-corrected chi connectivity index (χ3v) is 3.01. The van der Waals surface area contributed by atoms with Crippen LogP contribution in [-0.4, -0.2) is 17.6 Å². The van der Waals surface area contributed by atoms with Gasteiger partial charge in [-0.05, 0) is 19.1 Å². The molecule has 2 rings (SSSR count). The van der Waals surface area contributed by atoms with Crippen LogP contribution in [0.2, 0.25) is 10.0 Å². The van der Waals surface area contributed by atoms with Gasteiger partial charge in [-0.2, -0.15) is 0 Å². The molecule has 1 N–H and O–H groups in total. The second kappa shape index (κ2) is 5.46. The molecule has 0 unspecified atom stereocenters. The first kappa shape index (κ1) is 13.0. The summed E-state index contributed by atoms with van der Waals surface area (Å²) in [7, 11) is 0. The van der Waals surface area contributed by atoms with Gasteiger partial charge < -0.3 is 9.72 Å². The fraction of sp³-hybridized carbons (Fsp3) is 0.154. The molecule has 5 heteroatoms. The molecule has 3 nitrogen and oxygen atoms in total. The van der Waals surface area contributed by atoms with Crippen molar-refractivity contribution in [1.82, 2.24) is 4.98 Å². The third-order valence-electron chi connectivity index (χ3n) is 2.46. The van der Waals surface area contributed by atoms with Crippen molar-refractivity contribution >= 4 is 29.2 Å². The number of halogens is 2. The van der Waals surface area contributed by atoms with Crippen LogP contribution in [0.15, 0.2) is 30.6 Å². The summed E-state index contributed by atoms with van der Waals surface area (Å²) < 4.78 is 4.98. The molecule has 0 spiro atoms. The molecule has 0 radical (unpaired) electrons. The molecule has 0 fully saturated rings. The largest absolute Gasteiger partial charge is 0.462 e. The molecule has 0 saturated carbocycles. The van der Waals surface area contributed by atoms with Crippen molar-refractivity contribution in [2.24, 2.45) is 0 Å². The van der Waals surface area contributed by atoms with Gasteiger partial charge in [0.1, 0.15) is 0 Å². The van der Waals surface area contributed by atoms with Gasteiger partial charge >= 0.3 is 5.97 Å². The number of H-pyrrole nitrogens is 1. The molecule has 2 aromatic rings. The van der Waals surface area contributed by atoms with E-state index < -0.39 is 0 Å². The van der Waals surface area contributed by atoms with Gasteiger partial charge in [-0.25, -0.2) is 4.79 Å². The van der Waals surface area contributed by atoms with Crippen LogP contribution in [0.5, 0.6) is 0 Å². The fourth-order valence-electron chi connectivity index (χ4n) is 1.67. The molecule has 94 valence electrons. The van der Waals surface area contributed by atoms with E-state index in [1.54, 1.807) is 37.5 Å². The van der Waals surface area contributed by atoms with Gasteiger partial charge in [0, 0.05) is 33.6 Å². The van der Waals surface area contributed by atoms with Crippen molar-refractivity contribution in [3.63, 3.8) is 0 Å². The van der Waals surface area contributed by atoms with Crippen LogP contribution in [0.25, 0.3) is 11.1 Å². The second-order valence-corrected chi connectivity index (χ2v) is 4.47. The van der Waals surface area contributed by atoms with Crippen molar-refractivity contribution in [3.05, 3.63) is 46.2 Å². The van der Waals surface area contributed by atoms with Crippen LogP contribution >= 0.6 is 23.2 Å². The summed E-state index contributed by atoms with van der Waals surface area (Å²) in [4.78, 5) is 14.7. The van der Waals surface area contributed by atoms with Crippen molar-refractivity contribution in [3.8, 4) is 11.1 Å². The van der Waals surface area contributed by atoms with Gasteiger partial charge in [-0.1, -0.05) is 29.3 Å². The van der Waals surface area contributed by atoms with E-state index in [4.69, 9.17) is 27.9 Å². The summed E-state index contributed by atoms with van der Waals surface area (Å²) in [6, 6.07) is 5.14. The van der Waals surface area contributed by atoms with E-state index >= 15 is 0 Å². The molecule has 0 bridgehead atoms. The van der Waals surface area contributed by atoms with E-state index in [9.17, 15) is 4.79 Å². The summed E-state index contributed by atoms with van der Waals surface area (Å²) >= 11 is 12.0. The SMILES string of the molecule is CCOC(=O)c1c[nH]cc1-c1ccc(Cl)cc1Cl. The smallest absolute Gasteiger partial charge is 0.340 e. The Bertz CT molecular complexity index is 578. The Labute approximate surface area is 115 Å². The molecule has 0 aliphatic carbocycles. The lowest BCUT2D eigenvalue weighted by molar-refractivity contribution is 0.0527. The quantitative estimate of drug-likeness (QED) is 0.860. The van der Waals surface area contributed by atoms with Crippen molar-refractivity contribution in [2.75, 3.05) is 6.61 Å². The number of ether oxygens (including phenoxy) is 1. The minimum absolute atomic E-state index is 0.331. The van der Waals surface area contributed by atoms with Crippen molar-refractivity contribution < 1.29 is 9.53 Å². The van der Waals surface area contributed by atoms with Gasteiger partial charge in [0.2, 0.25) is 0 Å². The third kappa shape index (κ3) is 2.52. The summed E-state index contributed by atoms with van der Waals surface area (Å²) in [5.74, 6) is -0.375. The van der Waals surface area contributed by atoms with Gasteiger partial charge in [-0.3, -0.25) is 0 Å². The van der Waals surface area contributed by atoms with Crippen LogP contribution in [0, 0.1) is 0 Å². The molecule has 1 aromatic heterocycles. The maximum atomic E-state index is 11.8. The van der Waals surface area contributed by atoms with Crippen molar-refractivity contribution in [2.45, 2.75) is 6.92 Å². The van der Waals surface area contributed by atoms with Gasteiger partial charge in [-0.15, -0.1) is 0 Å². The summed E-state index contributed by atoms with van der Waals surface area (Å²) in [5, 5.41) is 1.05. The van der Waals surface area contributed by atoms with Gasteiger partial charge in [0.15, 0.2) is 0 Å². The Kier molecular flexibility index (Phi) is 3.94. The van der Waals surface area contributed by atoms with E-state index in [0.717, 1.165) is 5.56 Å². The van der Waals surface area contributed by atoms with Crippen LogP contribution < -0.4 is 0 Å². The number of aromatic amines is 1. The second-order valence-electron chi connectivity index (χ2n) is 3.63. The molecule has 0 saturated heterocycles. The Morgan fingerprint density at radius 1 is 1.28 bits per heavy atom. The number of aromatic nitrogens is 1. The Morgan fingerprint density at radius 2 is 2.06 bits per heavy atom. The first-order valence-corrected chi connectivity index (χ1v) is 6.18. The predicted octanol–water partition coefficient (Wildman–Crippen LogP) is 4.17. The van der Waals surface area contributed by atoms with Gasteiger partial charge in [0.25, 0.3) is 0 Å². The number of esters is 1. The minimum Gasteiger partial charge on any atom is -0.462 e. The predicted molar refractivity (Wildman–Crippen MR) is 72.2 cm³/mol. The van der Waals surface area contributed by atoms with E-state index in [-0.39, 0.29) is 5.97 Å². The molecule has 0 aliphatic rings. The minimum atomic E-state index is -0.375. The summed E-state index contributed by atoms with van der Waals surface area (Å²) in [5.41, 5.74) is 1.90. The number of carbonyl (C=O) groups excluding carboxylic acids is 1. The number of hydrogen-bond donors (Lipinski definition) is 1. The van der Waals surface area contributed by atoms with Crippen molar-refractivity contribution in [1.29, 1.82) is 0 Å². The highest BCUT2D eigenvalue weighted by Gasteiger charge is 2.16. The average molecular weight is 284 g/mol. The van der Waals surface area contributed by atoms with E-state index in [1.807, 2.05) is 0 Å². The van der Waals surface area contributed by atoms with E-state index in [1.165, 1.54) is 0 Å². The topological polar surface area (TPSA) is 42.1 Å². The van der Waals surface area contributed by atoms with Crippen LogP contribution in [-0.2, 0) is 4.74 Å². The number of rotatable bonds is 3. The van der Waals surface area contributed by atoms with Crippen LogP contribution in [0.4, 0.5) is 0 Å². The molecule has 0 amide bonds. The highest BCUT2D eigenvalue weighted by molar-refractivity contribution is 6.36. The fourth-order valence-corrected chi connectivity index (χ4v) is 2.18. The Hall–Kier alpha value is -1.45. The zero-order valence-corrected chi connectivity index (χ0v) is 11.2. The molecule has 0 aliphatic heterocycles. The lowest BCUT2D eigenvalue weighted by Gasteiger charge is -2.06. The lowest BCUT2D eigenvalue weighted by Crippen LogP contribution is -2.04. The summed E-state index contributed by atoms with van der Waals surface area (Å²) in [6.07, 6.45) is 3.31. The zero-order valence-electron chi connectivity index (χ0n) is 9.67. The van der Waals surface area contributed by atoms with Gasteiger partial charge in [0.05, 0.1) is 12.2 Å². The van der Waals surface area contributed by atoms with E-state index in [0.29, 0.717) is 27.8 Å². The van der Waals surface area contributed by atoms with Crippen LogP contribution in [0.3, 0.4) is 0 Å². The number of nitrogens with one attached hydrogen (secondary N) is 1. The molecule has 1 heterocycles. The highest BCUT2D eigenvalue weighted by Crippen LogP contribution is 2.32.